The maximum absolute atomic E-state index is 13.3. The van der Waals surface area contributed by atoms with Crippen molar-refractivity contribution in [3.63, 3.8) is 0 Å². The summed E-state index contributed by atoms with van der Waals surface area (Å²) in [7, 11) is 0. The summed E-state index contributed by atoms with van der Waals surface area (Å²) < 4.78 is 19.5. The summed E-state index contributed by atoms with van der Waals surface area (Å²) in [6.07, 6.45) is 7.15. The molecule has 0 aromatic carbocycles. The van der Waals surface area contributed by atoms with Gasteiger partial charge in [0.05, 0.1) is 25.7 Å². The lowest BCUT2D eigenvalue weighted by Crippen LogP contribution is -2.70. The Balaban J connectivity index is 1.58. The van der Waals surface area contributed by atoms with Gasteiger partial charge in [0.2, 0.25) is 0 Å². The Bertz CT molecular complexity index is 1210. The monoisotopic (exact) mass is 629 g/mol. The van der Waals surface area contributed by atoms with Crippen molar-refractivity contribution in [2.75, 3.05) is 19.8 Å². The van der Waals surface area contributed by atoms with Gasteiger partial charge in [-0.1, -0.05) is 74.0 Å². The van der Waals surface area contributed by atoms with Crippen molar-refractivity contribution in [1.82, 2.24) is 0 Å². The highest BCUT2D eigenvalue weighted by molar-refractivity contribution is 5.73. The van der Waals surface area contributed by atoms with Gasteiger partial charge in [-0.05, 0) is 91.3 Å². The fourth-order valence-corrected chi connectivity index (χ4v) is 11.6. The topological polar surface area (TPSA) is 108 Å². The molecule has 7 nitrogen and oxygen atoms in total. The number of carboxylic acid groups (broad SMARTS) is 1. The van der Waals surface area contributed by atoms with E-state index in [1.165, 1.54) is 12.5 Å². The molecule has 256 valence electrons. The van der Waals surface area contributed by atoms with Crippen molar-refractivity contribution < 1.29 is 28.9 Å². The highest BCUT2D eigenvalue weighted by Crippen LogP contribution is 2.75. The SMILES string of the molecule is CC(=O)O[C@@H]1C[C@@]23COCC(C)([C@H]1OC[C@](C)(N)C(C)C)[C@@H]2CC[C@H]1C3=CC[C@@]2(C)[C@H](C(=O)O)[C@@](C)([C@H](C)C(C)C)CC[C@]12C. The van der Waals surface area contributed by atoms with Crippen LogP contribution in [-0.4, -0.2) is 54.6 Å². The van der Waals surface area contributed by atoms with Gasteiger partial charge in [-0.3, -0.25) is 9.59 Å². The third-order valence-electron chi connectivity index (χ3n) is 15.3. The van der Waals surface area contributed by atoms with Gasteiger partial charge in [0.1, 0.15) is 12.2 Å². The van der Waals surface area contributed by atoms with Crippen molar-refractivity contribution >= 4 is 11.9 Å². The van der Waals surface area contributed by atoms with Gasteiger partial charge in [0, 0.05) is 23.3 Å². The third kappa shape index (κ3) is 4.98. The number of ether oxygens (including phenoxy) is 3. The number of rotatable bonds is 8. The number of aliphatic carboxylic acids is 1. The number of carbonyl (C=O) groups is 2. The Morgan fingerprint density at radius 1 is 1.07 bits per heavy atom. The van der Waals surface area contributed by atoms with Crippen LogP contribution in [0.1, 0.15) is 115 Å². The molecule has 4 fully saturated rings. The van der Waals surface area contributed by atoms with Crippen LogP contribution in [0.5, 0.6) is 0 Å². The van der Waals surface area contributed by atoms with Crippen molar-refractivity contribution in [3.8, 4) is 0 Å². The van der Waals surface area contributed by atoms with Crippen LogP contribution in [0, 0.1) is 62.6 Å². The molecule has 0 aromatic heterocycles. The summed E-state index contributed by atoms with van der Waals surface area (Å²) in [6.45, 7) is 25.3. The lowest BCUT2D eigenvalue weighted by atomic mass is 9.34. The van der Waals surface area contributed by atoms with E-state index in [0.29, 0.717) is 44.0 Å². The second-order valence-corrected chi connectivity index (χ2v) is 18.1. The minimum atomic E-state index is -0.642. The molecule has 1 saturated heterocycles. The fourth-order valence-electron chi connectivity index (χ4n) is 11.6. The number of hydrogen-bond donors (Lipinski definition) is 2. The van der Waals surface area contributed by atoms with E-state index >= 15 is 0 Å². The number of carbonyl (C=O) groups excluding carboxylic acids is 1. The van der Waals surface area contributed by atoms with E-state index in [1.54, 1.807) is 0 Å². The summed E-state index contributed by atoms with van der Waals surface area (Å²) >= 11 is 0. The first-order valence-corrected chi connectivity index (χ1v) is 17.8. The predicted molar refractivity (Wildman–Crippen MR) is 176 cm³/mol. The Hall–Kier alpha value is -1.44. The molecule has 4 aliphatic carbocycles. The number of esters is 1. The molecular formula is C38H63NO6. The fraction of sp³-hybridized carbons (Fsp3) is 0.895. The second kappa shape index (κ2) is 11.3. The molecular weight excluding hydrogens is 566 g/mol. The van der Waals surface area contributed by atoms with Crippen LogP contribution in [0.15, 0.2) is 11.6 Å². The highest BCUT2D eigenvalue weighted by atomic mass is 16.6. The largest absolute Gasteiger partial charge is 0.481 e. The minimum absolute atomic E-state index is 0.160. The zero-order valence-electron chi connectivity index (χ0n) is 30.1. The van der Waals surface area contributed by atoms with Crippen LogP contribution >= 0.6 is 0 Å². The number of nitrogens with two attached hydrogens (primary N) is 1. The average Bonchev–Trinajstić information content (AvgIpc) is 2.92. The van der Waals surface area contributed by atoms with Crippen LogP contribution in [0.2, 0.25) is 0 Å². The zero-order chi connectivity index (χ0) is 33.5. The van der Waals surface area contributed by atoms with E-state index in [4.69, 9.17) is 19.9 Å². The van der Waals surface area contributed by atoms with Gasteiger partial charge in [0.25, 0.3) is 0 Å². The van der Waals surface area contributed by atoms with Gasteiger partial charge < -0.3 is 25.1 Å². The second-order valence-electron chi connectivity index (χ2n) is 18.1. The van der Waals surface area contributed by atoms with Crippen molar-refractivity contribution in [2.45, 2.75) is 132 Å². The number of hydrogen-bond acceptors (Lipinski definition) is 6. The van der Waals surface area contributed by atoms with Crippen LogP contribution in [-0.2, 0) is 23.8 Å². The summed E-state index contributed by atoms with van der Waals surface area (Å²) in [5.41, 5.74) is 6.19. The molecule has 12 atom stereocenters. The van der Waals surface area contributed by atoms with Crippen molar-refractivity contribution in [2.24, 2.45) is 68.3 Å². The van der Waals surface area contributed by atoms with Gasteiger partial charge in [-0.15, -0.1) is 0 Å². The smallest absolute Gasteiger partial charge is 0.307 e. The summed E-state index contributed by atoms with van der Waals surface area (Å²) in [4.78, 5) is 25.9. The van der Waals surface area contributed by atoms with Crippen LogP contribution in [0.3, 0.4) is 0 Å². The van der Waals surface area contributed by atoms with Crippen LogP contribution in [0.4, 0.5) is 0 Å². The van der Waals surface area contributed by atoms with E-state index in [9.17, 15) is 14.7 Å². The van der Waals surface area contributed by atoms with E-state index in [-0.39, 0.29) is 51.0 Å². The van der Waals surface area contributed by atoms with Gasteiger partial charge in [0.15, 0.2) is 0 Å². The van der Waals surface area contributed by atoms with Gasteiger partial charge in [-0.2, -0.15) is 0 Å². The summed E-state index contributed by atoms with van der Waals surface area (Å²) in [5.74, 6) is 0.184. The van der Waals surface area contributed by atoms with E-state index in [1.807, 2.05) is 6.92 Å². The molecule has 45 heavy (non-hydrogen) atoms. The van der Waals surface area contributed by atoms with Crippen LogP contribution < -0.4 is 5.73 Å². The lowest BCUT2D eigenvalue weighted by molar-refractivity contribution is -0.269. The lowest BCUT2D eigenvalue weighted by Gasteiger charge is -2.71. The first kappa shape index (κ1) is 34.9. The van der Waals surface area contributed by atoms with E-state index < -0.39 is 23.5 Å². The molecule has 0 aromatic rings. The van der Waals surface area contributed by atoms with Crippen molar-refractivity contribution in [3.05, 3.63) is 11.6 Å². The van der Waals surface area contributed by atoms with Crippen LogP contribution in [0.25, 0.3) is 0 Å². The number of carboxylic acids is 1. The molecule has 1 heterocycles. The predicted octanol–water partition coefficient (Wildman–Crippen LogP) is 7.27. The molecule has 3 N–H and O–H groups in total. The summed E-state index contributed by atoms with van der Waals surface area (Å²) in [5, 5.41) is 11.0. The minimum Gasteiger partial charge on any atom is -0.481 e. The van der Waals surface area contributed by atoms with Crippen molar-refractivity contribution in [1.29, 1.82) is 0 Å². The Labute approximate surface area is 272 Å². The molecule has 7 heteroatoms. The average molecular weight is 630 g/mol. The maximum Gasteiger partial charge on any atom is 0.307 e. The standard InChI is InChI=1S/C38H63NO6/c1-22(2)24(5)33(7)16-17-35(9)26-12-13-29-34(8)19-43-21-38(29,27(26)14-15-36(35,10)30(33)32(41)42)18-28(45-25(6)40)31(34)44-20-37(11,39)23(3)4/h14,22-24,26,28-31H,12-13,15-21,39H2,1-11H3,(H,41,42)/t24-,26+,28-,29+,30-,31+,33-,34?,35-,36+,37+,38+/m1/s1. The highest BCUT2D eigenvalue weighted by Gasteiger charge is 2.72. The molecule has 5 aliphatic rings. The Morgan fingerprint density at radius 2 is 1.73 bits per heavy atom. The first-order chi connectivity index (χ1) is 20.7. The van der Waals surface area contributed by atoms with Gasteiger partial charge in [-0.25, -0.2) is 0 Å². The molecule has 2 bridgehead atoms. The van der Waals surface area contributed by atoms with E-state index in [0.717, 1.165) is 32.1 Å². The first-order valence-electron chi connectivity index (χ1n) is 17.8. The Morgan fingerprint density at radius 3 is 2.31 bits per heavy atom. The number of fused-ring (bicyclic) bond motifs is 3. The molecule has 1 aliphatic heterocycles. The zero-order valence-corrected chi connectivity index (χ0v) is 30.1. The molecule has 1 unspecified atom stereocenters. The summed E-state index contributed by atoms with van der Waals surface area (Å²) in [6, 6.07) is 0. The van der Waals surface area contributed by atoms with Gasteiger partial charge >= 0.3 is 11.9 Å². The quantitative estimate of drug-likeness (QED) is 0.215. The normalized spacial score (nSPS) is 46.3. The maximum atomic E-state index is 13.3. The molecule has 5 rings (SSSR count). The molecule has 0 amide bonds. The number of allylic oxidation sites excluding steroid dienone is 1. The van der Waals surface area contributed by atoms with E-state index in [2.05, 4.69) is 68.4 Å². The molecule has 0 spiro atoms. The molecule has 0 radical (unpaired) electrons. The Kier molecular flexibility index (Phi) is 8.78. The third-order valence-corrected chi connectivity index (χ3v) is 15.3. The molecule has 3 saturated carbocycles.